The molecule has 5 nitrogen and oxygen atoms in total. The van der Waals surface area contributed by atoms with Crippen molar-refractivity contribution in [2.45, 2.75) is 25.7 Å². The molecule has 1 N–H and O–H groups in total. The first-order valence-electron chi connectivity index (χ1n) is 7.21. The molecule has 0 aliphatic heterocycles. The third kappa shape index (κ3) is 4.03. The Hall–Kier alpha value is -1.43. The second kappa shape index (κ2) is 7.54. The molecule has 1 amide bonds. The number of nitro benzene ring substituents is 1. The zero-order valence-corrected chi connectivity index (χ0v) is 13.3. The van der Waals surface area contributed by atoms with E-state index in [9.17, 15) is 14.9 Å². The van der Waals surface area contributed by atoms with Gasteiger partial charge < -0.3 is 5.32 Å². The van der Waals surface area contributed by atoms with Crippen molar-refractivity contribution in [1.82, 2.24) is 5.32 Å². The molecular formula is C15H19BrN2O3. The third-order valence-electron chi connectivity index (χ3n) is 4.13. The molecule has 0 bridgehead atoms. The van der Waals surface area contributed by atoms with E-state index < -0.39 is 4.92 Å². The number of halogens is 1. The van der Waals surface area contributed by atoms with E-state index in [0.29, 0.717) is 18.4 Å². The summed E-state index contributed by atoms with van der Waals surface area (Å²) in [4.78, 5) is 22.6. The van der Waals surface area contributed by atoms with Gasteiger partial charge in [0, 0.05) is 17.9 Å². The fourth-order valence-electron chi connectivity index (χ4n) is 2.90. The highest BCUT2D eigenvalue weighted by molar-refractivity contribution is 9.09. The molecular weight excluding hydrogens is 336 g/mol. The Morgan fingerprint density at radius 3 is 2.62 bits per heavy atom. The van der Waals surface area contributed by atoms with E-state index in [4.69, 9.17) is 0 Å². The highest BCUT2D eigenvalue weighted by atomic mass is 79.9. The topological polar surface area (TPSA) is 72.2 Å². The van der Waals surface area contributed by atoms with Gasteiger partial charge in [0.1, 0.15) is 5.56 Å². The summed E-state index contributed by atoms with van der Waals surface area (Å²) in [6.07, 6.45) is 4.71. The van der Waals surface area contributed by atoms with Crippen LogP contribution in [0.4, 0.5) is 5.69 Å². The van der Waals surface area contributed by atoms with E-state index >= 15 is 0 Å². The summed E-state index contributed by atoms with van der Waals surface area (Å²) in [5, 5.41) is 14.8. The SMILES string of the molecule is O=C(NCC1CCCCC1CBr)c1ccccc1[N+](=O)[O-]. The molecule has 1 aromatic rings. The van der Waals surface area contributed by atoms with Gasteiger partial charge >= 0.3 is 0 Å². The zero-order chi connectivity index (χ0) is 15.2. The first-order chi connectivity index (χ1) is 10.1. The molecule has 21 heavy (non-hydrogen) atoms. The van der Waals surface area contributed by atoms with Crippen molar-refractivity contribution in [2.75, 3.05) is 11.9 Å². The Morgan fingerprint density at radius 1 is 1.29 bits per heavy atom. The molecule has 1 aliphatic rings. The fourth-order valence-corrected chi connectivity index (χ4v) is 3.75. The van der Waals surface area contributed by atoms with E-state index in [2.05, 4.69) is 21.2 Å². The number of alkyl halides is 1. The molecule has 0 heterocycles. The number of nitrogens with zero attached hydrogens (tertiary/aromatic N) is 1. The third-order valence-corrected chi connectivity index (χ3v) is 4.97. The molecule has 114 valence electrons. The maximum atomic E-state index is 12.2. The van der Waals surface area contributed by atoms with Crippen LogP contribution in [0.5, 0.6) is 0 Å². The zero-order valence-electron chi connectivity index (χ0n) is 11.8. The van der Waals surface area contributed by atoms with Gasteiger partial charge in [0.2, 0.25) is 0 Å². The highest BCUT2D eigenvalue weighted by Crippen LogP contribution is 2.31. The molecule has 0 radical (unpaired) electrons. The number of hydrogen-bond donors (Lipinski definition) is 1. The molecule has 2 atom stereocenters. The summed E-state index contributed by atoms with van der Waals surface area (Å²) in [7, 11) is 0. The van der Waals surface area contributed by atoms with Crippen LogP contribution < -0.4 is 5.32 Å². The number of benzene rings is 1. The summed E-state index contributed by atoms with van der Waals surface area (Å²) < 4.78 is 0. The standard InChI is InChI=1S/C15H19BrN2O3/c16-9-11-5-1-2-6-12(11)10-17-15(19)13-7-3-4-8-14(13)18(20)21/h3-4,7-8,11-12H,1-2,5-6,9-10H2,(H,17,19). The van der Waals surface area contributed by atoms with Crippen LogP contribution in [0, 0.1) is 22.0 Å². The Labute approximate surface area is 132 Å². The largest absolute Gasteiger partial charge is 0.352 e. The van der Waals surface area contributed by atoms with E-state index in [-0.39, 0.29) is 17.2 Å². The van der Waals surface area contributed by atoms with E-state index in [0.717, 1.165) is 11.8 Å². The van der Waals surface area contributed by atoms with E-state index in [1.54, 1.807) is 12.1 Å². The number of nitrogens with one attached hydrogen (secondary N) is 1. The van der Waals surface area contributed by atoms with Crippen molar-refractivity contribution >= 4 is 27.5 Å². The van der Waals surface area contributed by atoms with Gasteiger partial charge in [0.15, 0.2) is 0 Å². The van der Waals surface area contributed by atoms with Crippen LogP contribution in [0.15, 0.2) is 24.3 Å². The summed E-state index contributed by atoms with van der Waals surface area (Å²) in [5.41, 5.74) is -0.00983. The minimum Gasteiger partial charge on any atom is -0.352 e. The molecule has 2 unspecified atom stereocenters. The van der Waals surface area contributed by atoms with Crippen molar-refractivity contribution in [2.24, 2.45) is 11.8 Å². The Morgan fingerprint density at radius 2 is 1.95 bits per heavy atom. The van der Waals surface area contributed by atoms with Gasteiger partial charge in [0.05, 0.1) is 4.92 Å². The minimum absolute atomic E-state index is 0.133. The van der Waals surface area contributed by atoms with E-state index in [1.807, 2.05) is 0 Å². The van der Waals surface area contributed by atoms with Gasteiger partial charge in [-0.15, -0.1) is 0 Å². The quantitative estimate of drug-likeness (QED) is 0.499. The number of carbonyl (C=O) groups excluding carboxylic acids is 1. The van der Waals surface area contributed by atoms with Crippen molar-refractivity contribution in [3.8, 4) is 0 Å². The normalized spacial score (nSPS) is 21.8. The molecule has 6 heteroatoms. The van der Waals surface area contributed by atoms with Crippen molar-refractivity contribution in [1.29, 1.82) is 0 Å². The first kappa shape index (κ1) is 15.9. The van der Waals surface area contributed by atoms with Gasteiger partial charge in [-0.1, -0.05) is 40.9 Å². The van der Waals surface area contributed by atoms with Crippen LogP contribution in [0.25, 0.3) is 0 Å². The lowest BCUT2D eigenvalue weighted by atomic mass is 9.80. The van der Waals surface area contributed by atoms with Crippen LogP contribution in [0.1, 0.15) is 36.0 Å². The average Bonchev–Trinajstić information content (AvgIpc) is 2.52. The molecule has 0 spiro atoms. The predicted octanol–water partition coefficient (Wildman–Crippen LogP) is 3.53. The Balaban J connectivity index is 2.00. The monoisotopic (exact) mass is 354 g/mol. The van der Waals surface area contributed by atoms with Crippen molar-refractivity contribution in [3.05, 3.63) is 39.9 Å². The number of carbonyl (C=O) groups is 1. The van der Waals surface area contributed by atoms with Crippen LogP contribution in [0.2, 0.25) is 0 Å². The smallest absolute Gasteiger partial charge is 0.282 e. The molecule has 1 saturated carbocycles. The number of amides is 1. The number of nitro groups is 1. The molecule has 1 aromatic carbocycles. The number of para-hydroxylation sites is 1. The summed E-state index contributed by atoms with van der Waals surface area (Å²) in [5.74, 6) is 0.663. The Kier molecular flexibility index (Phi) is 5.73. The lowest BCUT2D eigenvalue weighted by Crippen LogP contribution is -2.35. The highest BCUT2D eigenvalue weighted by Gasteiger charge is 2.25. The number of hydrogen-bond acceptors (Lipinski definition) is 3. The fraction of sp³-hybridized carbons (Fsp3) is 0.533. The van der Waals surface area contributed by atoms with Gasteiger partial charge in [-0.2, -0.15) is 0 Å². The van der Waals surface area contributed by atoms with Crippen LogP contribution >= 0.6 is 15.9 Å². The lowest BCUT2D eigenvalue weighted by molar-refractivity contribution is -0.385. The van der Waals surface area contributed by atoms with Crippen molar-refractivity contribution in [3.63, 3.8) is 0 Å². The van der Waals surface area contributed by atoms with Crippen LogP contribution in [0.3, 0.4) is 0 Å². The van der Waals surface area contributed by atoms with E-state index in [1.165, 1.54) is 31.4 Å². The number of rotatable bonds is 5. The first-order valence-corrected chi connectivity index (χ1v) is 8.33. The van der Waals surface area contributed by atoms with Crippen LogP contribution in [-0.2, 0) is 0 Å². The molecule has 0 saturated heterocycles. The molecule has 2 rings (SSSR count). The van der Waals surface area contributed by atoms with Gasteiger partial charge in [-0.3, -0.25) is 14.9 Å². The van der Waals surface area contributed by atoms with Gasteiger partial charge in [-0.25, -0.2) is 0 Å². The maximum absolute atomic E-state index is 12.2. The van der Waals surface area contributed by atoms with Crippen molar-refractivity contribution < 1.29 is 9.72 Å². The second-order valence-corrected chi connectivity index (χ2v) is 6.09. The summed E-state index contributed by atoms with van der Waals surface area (Å²) >= 11 is 3.53. The molecule has 0 aromatic heterocycles. The van der Waals surface area contributed by atoms with Crippen LogP contribution in [-0.4, -0.2) is 22.7 Å². The molecule has 1 fully saturated rings. The summed E-state index contributed by atoms with van der Waals surface area (Å²) in [6.45, 7) is 0.584. The average molecular weight is 355 g/mol. The minimum atomic E-state index is -0.517. The summed E-state index contributed by atoms with van der Waals surface area (Å²) in [6, 6.07) is 6.06. The Bertz CT molecular complexity index is 521. The van der Waals surface area contributed by atoms with Gasteiger partial charge in [0.25, 0.3) is 11.6 Å². The van der Waals surface area contributed by atoms with Gasteiger partial charge in [-0.05, 0) is 30.7 Å². The predicted molar refractivity (Wildman–Crippen MR) is 84.7 cm³/mol. The molecule has 1 aliphatic carbocycles. The maximum Gasteiger partial charge on any atom is 0.282 e. The second-order valence-electron chi connectivity index (χ2n) is 5.44. The lowest BCUT2D eigenvalue weighted by Gasteiger charge is -2.30.